The van der Waals surface area contributed by atoms with E-state index in [0.717, 1.165) is 11.4 Å². The third-order valence-corrected chi connectivity index (χ3v) is 5.84. The number of nitrogens with one attached hydrogen (secondary N) is 1. The van der Waals surface area contributed by atoms with Crippen molar-refractivity contribution < 1.29 is 0 Å². The zero-order valence-electron chi connectivity index (χ0n) is 13.2. The maximum absolute atomic E-state index is 6.51. The monoisotopic (exact) mass is 331 g/mol. The first-order valence-electron chi connectivity index (χ1n) is 8.52. The molecule has 0 spiro atoms. The van der Waals surface area contributed by atoms with Crippen LogP contribution >= 0.6 is 11.6 Å². The van der Waals surface area contributed by atoms with Crippen LogP contribution in [0.4, 0.5) is 5.69 Å². The number of hydrogen-bond donors (Lipinski definition) is 1. The van der Waals surface area contributed by atoms with Crippen molar-refractivity contribution in [3.8, 4) is 0 Å². The zero-order valence-corrected chi connectivity index (χ0v) is 14.0. The van der Waals surface area contributed by atoms with Crippen molar-refractivity contribution >= 4 is 28.1 Å². The minimum atomic E-state index is 0.257. The Morgan fingerprint density at radius 3 is 2.67 bits per heavy atom. The maximum Gasteiger partial charge on any atom is 0.0568 e. The quantitative estimate of drug-likeness (QED) is 0.514. The molecule has 0 radical (unpaired) electrons. The summed E-state index contributed by atoms with van der Waals surface area (Å²) in [7, 11) is 0. The first kappa shape index (κ1) is 14.1. The van der Waals surface area contributed by atoms with Gasteiger partial charge >= 0.3 is 0 Å². The normalized spacial score (nSPS) is 24.5. The molecule has 0 aromatic heterocycles. The van der Waals surface area contributed by atoms with Gasteiger partial charge in [-0.15, -0.1) is 0 Å². The second kappa shape index (κ2) is 5.39. The van der Waals surface area contributed by atoms with Gasteiger partial charge in [-0.3, -0.25) is 0 Å². The van der Waals surface area contributed by atoms with E-state index in [1.165, 1.54) is 27.6 Å². The Kier molecular flexibility index (Phi) is 3.17. The summed E-state index contributed by atoms with van der Waals surface area (Å²) in [5.41, 5.74) is 3.89. The Balaban J connectivity index is 1.71. The van der Waals surface area contributed by atoms with Crippen molar-refractivity contribution in [1.29, 1.82) is 0 Å². The number of hydrogen-bond acceptors (Lipinski definition) is 1. The van der Waals surface area contributed by atoms with Crippen LogP contribution in [0.5, 0.6) is 0 Å². The van der Waals surface area contributed by atoms with Gasteiger partial charge in [0.2, 0.25) is 0 Å². The first-order valence-corrected chi connectivity index (χ1v) is 8.90. The summed E-state index contributed by atoms with van der Waals surface area (Å²) in [4.78, 5) is 0. The number of anilines is 1. The lowest BCUT2D eigenvalue weighted by atomic mass is 9.75. The minimum absolute atomic E-state index is 0.257. The molecule has 1 N–H and O–H groups in total. The molecule has 0 amide bonds. The van der Waals surface area contributed by atoms with E-state index in [4.69, 9.17) is 11.6 Å². The maximum atomic E-state index is 6.51. The summed E-state index contributed by atoms with van der Waals surface area (Å²) in [5.74, 6) is 0.969. The van der Waals surface area contributed by atoms with Gasteiger partial charge in [0.1, 0.15) is 0 Å². The number of fused-ring (bicyclic) bond motifs is 5. The Labute approximate surface area is 147 Å². The largest absolute Gasteiger partial charge is 0.378 e. The third-order valence-electron chi connectivity index (χ3n) is 5.50. The van der Waals surface area contributed by atoms with Gasteiger partial charge in [0, 0.05) is 16.6 Å². The molecule has 1 aliphatic heterocycles. The lowest BCUT2D eigenvalue weighted by Gasteiger charge is -2.38. The molecule has 3 aromatic carbocycles. The molecule has 5 rings (SSSR count). The first-order chi connectivity index (χ1) is 11.8. The minimum Gasteiger partial charge on any atom is -0.378 e. The second-order valence-corrected chi connectivity index (χ2v) is 7.15. The van der Waals surface area contributed by atoms with E-state index in [1.807, 2.05) is 12.1 Å². The molecule has 3 atom stereocenters. The summed E-state index contributed by atoms with van der Waals surface area (Å²) in [6.45, 7) is 0. The average molecular weight is 332 g/mol. The summed E-state index contributed by atoms with van der Waals surface area (Å²) in [5, 5.41) is 7.32. The number of halogens is 1. The summed E-state index contributed by atoms with van der Waals surface area (Å²) < 4.78 is 0. The van der Waals surface area contributed by atoms with Crippen LogP contribution in [0.15, 0.2) is 72.8 Å². The van der Waals surface area contributed by atoms with Crippen LogP contribution in [0.1, 0.15) is 29.5 Å². The molecule has 0 bridgehead atoms. The van der Waals surface area contributed by atoms with Crippen LogP contribution in [0.25, 0.3) is 10.8 Å². The van der Waals surface area contributed by atoms with Gasteiger partial charge in [-0.2, -0.15) is 0 Å². The number of benzene rings is 3. The van der Waals surface area contributed by atoms with Gasteiger partial charge in [-0.25, -0.2) is 0 Å². The topological polar surface area (TPSA) is 12.0 Å². The van der Waals surface area contributed by atoms with E-state index < -0.39 is 0 Å². The Morgan fingerprint density at radius 1 is 0.917 bits per heavy atom. The number of rotatable bonds is 1. The summed E-state index contributed by atoms with van der Waals surface area (Å²) in [6.07, 6.45) is 5.81. The van der Waals surface area contributed by atoms with Gasteiger partial charge in [0.25, 0.3) is 0 Å². The highest BCUT2D eigenvalue weighted by atomic mass is 35.5. The van der Waals surface area contributed by atoms with E-state index in [0.29, 0.717) is 11.8 Å². The Morgan fingerprint density at radius 2 is 1.75 bits per heavy atom. The fourth-order valence-corrected chi connectivity index (χ4v) is 4.67. The molecular formula is C22H18ClN. The average Bonchev–Trinajstić information content (AvgIpc) is 3.11. The van der Waals surface area contributed by atoms with Gasteiger partial charge in [0.15, 0.2) is 0 Å². The van der Waals surface area contributed by atoms with E-state index in [9.17, 15) is 0 Å². The van der Waals surface area contributed by atoms with Gasteiger partial charge < -0.3 is 5.32 Å². The molecule has 0 saturated carbocycles. The molecule has 0 fully saturated rings. The van der Waals surface area contributed by atoms with Crippen molar-refractivity contribution in [2.75, 3.05) is 5.32 Å². The van der Waals surface area contributed by atoms with Crippen molar-refractivity contribution in [3.63, 3.8) is 0 Å². The smallest absolute Gasteiger partial charge is 0.0568 e. The van der Waals surface area contributed by atoms with E-state index >= 15 is 0 Å². The van der Waals surface area contributed by atoms with Gasteiger partial charge in [-0.05, 0) is 46.4 Å². The standard InChI is InChI=1S/C22H18ClN/c23-19-11-4-3-8-18(19)22-17-10-5-9-16(17)21-15-7-2-1-6-14(15)12-13-20(21)24-22/h1-9,11-13,16-17,22,24H,10H2/t16-,17-,22-/m1/s1. The number of allylic oxidation sites excluding steroid dienone is 2. The van der Waals surface area contributed by atoms with Crippen molar-refractivity contribution in [3.05, 3.63) is 89.0 Å². The van der Waals surface area contributed by atoms with Crippen LogP contribution in [-0.4, -0.2) is 0 Å². The molecule has 3 aromatic rings. The van der Waals surface area contributed by atoms with Crippen LogP contribution in [0.2, 0.25) is 5.02 Å². The van der Waals surface area contributed by atoms with Gasteiger partial charge in [0.05, 0.1) is 6.04 Å². The van der Waals surface area contributed by atoms with E-state index in [2.05, 4.69) is 66.0 Å². The Bertz CT molecular complexity index is 959. The lowest BCUT2D eigenvalue weighted by molar-refractivity contribution is 0.427. The molecule has 0 saturated heterocycles. The van der Waals surface area contributed by atoms with Crippen LogP contribution in [0, 0.1) is 5.92 Å². The second-order valence-electron chi connectivity index (χ2n) is 6.74. The Hall–Kier alpha value is -2.25. The van der Waals surface area contributed by atoms with Crippen molar-refractivity contribution in [1.82, 2.24) is 0 Å². The fourth-order valence-electron chi connectivity index (χ4n) is 4.42. The van der Waals surface area contributed by atoms with Crippen molar-refractivity contribution in [2.24, 2.45) is 5.92 Å². The predicted octanol–water partition coefficient (Wildman–Crippen LogP) is 6.32. The summed E-state index contributed by atoms with van der Waals surface area (Å²) in [6, 6.07) is 21.6. The highest BCUT2D eigenvalue weighted by Gasteiger charge is 2.39. The molecule has 2 aliphatic rings. The highest BCUT2D eigenvalue weighted by Crippen LogP contribution is 2.52. The molecule has 1 heterocycles. The van der Waals surface area contributed by atoms with E-state index in [-0.39, 0.29) is 6.04 Å². The molecule has 1 nitrogen and oxygen atoms in total. The highest BCUT2D eigenvalue weighted by molar-refractivity contribution is 6.31. The van der Waals surface area contributed by atoms with Crippen LogP contribution in [0.3, 0.4) is 0 Å². The summed E-state index contributed by atoms with van der Waals surface area (Å²) >= 11 is 6.51. The molecule has 0 unspecified atom stereocenters. The zero-order chi connectivity index (χ0) is 16.1. The van der Waals surface area contributed by atoms with Gasteiger partial charge in [-0.1, -0.05) is 72.3 Å². The predicted molar refractivity (Wildman–Crippen MR) is 102 cm³/mol. The van der Waals surface area contributed by atoms with E-state index in [1.54, 1.807) is 0 Å². The lowest BCUT2D eigenvalue weighted by Crippen LogP contribution is -2.29. The van der Waals surface area contributed by atoms with Crippen LogP contribution in [-0.2, 0) is 0 Å². The fraction of sp³-hybridized carbons (Fsp3) is 0.182. The molecule has 1 aliphatic carbocycles. The van der Waals surface area contributed by atoms with Crippen LogP contribution < -0.4 is 5.32 Å². The molecular weight excluding hydrogens is 314 g/mol. The molecule has 118 valence electrons. The van der Waals surface area contributed by atoms with Crippen molar-refractivity contribution in [2.45, 2.75) is 18.4 Å². The third kappa shape index (κ3) is 2.01. The molecule has 24 heavy (non-hydrogen) atoms. The molecule has 2 heteroatoms. The SMILES string of the molecule is Clc1ccccc1[C@@H]1Nc2ccc3ccccc3c2[C@@H]2C=CC[C@H]21.